The third-order valence-corrected chi connectivity index (χ3v) is 2.62. The smallest absolute Gasteiger partial charge is 0.149 e. The van der Waals surface area contributed by atoms with Gasteiger partial charge in [0.25, 0.3) is 0 Å². The van der Waals surface area contributed by atoms with Gasteiger partial charge in [-0.2, -0.15) is 0 Å². The molecule has 0 spiro atoms. The highest BCUT2D eigenvalue weighted by molar-refractivity contribution is 5.61. The highest BCUT2D eigenvalue weighted by atomic mass is 15.0. The number of nitrogens with one attached hydrogen (secondary N) is 1. The van der Waals surface area contributed by atoms with Crippen molar-refractivity contribution in [1.82, 2.24) is 4.98 Å². The Kier molecular flexibility index (Phi) is 3.07. The predicted octanol–water partition coefficient (Wildman–Crippen LogP) is 2.09. The molecule has 0 aromatic carbocycles. The summed E-state index contributed by atoms with van der Waals surface area (Å²) in [5.74, 6) is 1.14. The first-order chi connectivity index (χ1) is 6.80. The van der Waals surface area contributed by atoms with E-state index in [1.807, 2.05) is 6.07 Å². The standard InChI is InChI=1S/C11H20N4/c1-7(11(2,3)4)14-9-6-5-8(12)10(13)15-9/h5-7H,12H2,1-4H3,(H3,13,14,15). The van der Waals surface area contributed by atoms with E-state index in [0.717, 1.165) is 5.82 Å². The van der Waals surface area contributed by atoms with Gasteiger partial charge in [-0.25, -0.2) is 4.98 Å². The topological polar surface area (TPSA) is 77.0 Å². The minimum atomic E-state index is 0.178. The summed E-state index contributed by atoms with van der Waals surface area (Å²) in [6.07, 6.45) is 0. The Labute approximate surface area is 91.1 Å². The maximum Gasteiger partial charge on any atom is 0.149 e. The van der Waals surface area contributed by atoms with Crippen LogP contribution in [0.4, 0.5) is 17.3 Å². The second kappa shape index (κ2) is 3.96. The number of aromatic nitrogens is 1. The van der Waals surface area contributed by atoms with Crippen molar-refractivity contribution >= 4 is 17.3 Å². The lowest BCUT2D eigenvalue weighted by atomic mass is 9.88. The number of hydrogen-bond acceptors (Lipinski definition) is 4. The van der Waals surface area contributed by atoms with Gasteiger partial charge in [0.05, 0.1) is 5.69 Å². The molecule has 1 unspecified atom stereocenters. The molecule has 0 aliphatic rings. The maximum atomic E-state index is 5.63. The lowest BCUT2D eigenvalue weighted by molar-refractivity contribution is 0.359. The lowest BCUT2D eigenvalue weighted by Gasteiger charge is -2.28. The van der Waals surface area contributed by atoms with Crippen LogP contribution in [0.1, 0.15) is 27.7 Å². The van der Waals surface area contributed by atoms with Gasteiger partial charge in [0.1, 0.15) is 11.6 Å². The molecule has 0 fully saturated rings. The predicted molar refractivity (Wildman–Crippen MR) is 65.6 cm³/mol. The number of rotatable bonds is 2. The summed E-state index contributed by atoms with van der Waals surface area (Å²) < 4.78 is 0. The van der Waals surface area contributed by atoms with Gasteiger partial charge in [0.2, 0.25) is 0 Å². The quantitative estimate of drug-likeness (QED) is 0.695. The minimum Gasteiger partial charge on any atom is -0.396 e. The Morgan fingerprint density at radius 2 is 1.87 bits per heavy atom. The molecule has 1 aromatic heterocycles. The van der Waals surface area contributed by atoms with Gasteiger partial charge in [-0.1, -0.05) is 20.8 Å². The van der Waals surface area contributed by atoms with Crippen LogP contribution in [-0.2, 0) is 0 Å². The van der Waals surface area contributed by atoms with Crippen molar-refractivity contribution in [3.8, 4) is 0 Å². The summed E-state index contributed by atoms with van der Waals surface area (Å²) in [6.45, 7) is 8.64. The molecule has 0 saturated heterocycles. The third-order valence-electron chi connectivity index (χ3n) is 2.62. The van der Waals surface area contributed by atoms with Crippen molar-refractivity contribution in [2.45, 2.75) is 33.7 Å². The fraction of sp³-hybridized carbons (Fsp3) is 0.545. The minimum absolute atomic E-state index is 0.178. The number of hydrogen-bond donors (Lipinski definition) is 3. The van der Waals surface area contributed by atoms with E-state index in [4.69, 9.17) is 11.5 Å². The van der Waals surface area contributed by atoms with Crippen LogP contribution in [0, 0.1) is 5.41 Å². The van der Waals surface area contributed by atoms with Crippen LogP contribution in [0.2, 0.25) is 0 Å². The molecule has 0 saturated carbocycles. The van der Waals surface area contributed by atoms with Crippen molar-refractivity contribution in [1.29, 1.82) is 0 Å². The second-order valence-corrected chi connectivity index (χ2v) is 4.90. The molecule has 15 heavy (non-hydrogen) atoms. The first-order valence-corrected chi connectivity index (χ1v) is 5.09. The number of anilines is 3. The summed E-state index contributed by atoms with van der Waals surface area (Å²) in [4.78, 5) is 4.17. The molecule has 0 amide bonds. The SMILES string of the molecule is CC(Nc1ccc(N)c(N)n1)C(C)(C)C. The highest BCUT2D eigenvalue weighted by Gasteiger charge is 2.19. The Bertz CT molecular complexity index is 341. The van der Waals surface area contributed by atoms with E-state index in [-0.39, 0.29) is 5.41 Å². The van der Waals surface area contributed by atoms with Crippen molar-refractivity contribution in [2.24, 2.45) is 5.41 Å². The fourth-order valence-electron chi connectivity index (χ4n) is 1.00. The molecule has 0 radical (unpaired) electrons. The van der Waals surface area contributed by atoms with Crippen molar-refractivity contribution in [2.75, 3.05) is 16.8 Å². The molecule has 1 aromatic rings. The molecule has 4 nitrogen and oxygen atoms in total. The number of pyridine rings is 1. The normalized spacial score (nSPS) is 13.6. The van der Waals surface area contributed by atoms with E-state index in [0.29, 0.717) is 17.5 Å². The Morgan fingerprint density at radius 1 is 1.27 bits per heavy atom. The first-order valence-electron chi connectivity index (χ1n) is 5.09. The van der Waals surface area contributed by atoms with E-state index in [9.17, 15) is 0 Å². The average Bonchev–Trinajstić information content (AvgIpc) is 2.10. The third kappa shape index (κ3) is 3.01. The summed E-state index contributed by atoms with van der Waals surface area (Å²) in [7, 11) is 0. The number of nitrogen functional groups attached to an aromatic ring is 2. The zero-order chi connectivity index (χ0) is 11.6. The largest absolute Gasteiger partial charge is 0.396 e. The molecule has 1 atom stereocenters. The van der Waals surface area contributed by atoms with Gasteiger partial charge in [0, 0.05) is 6.04 Å². The Morgan fingerprint density at radius 3 is 2.33 bits per heavy atom. The van der Waals surface area contributed by atoms with Crippen LogP contribution in [0.25, 0.3) is 0 Å². The zero-order valence-electron chi connectivity index (χ0n) is 9.83. The monoisotopic (exact) mass is 208 g/mol. The van der Waals surface area contributed by atoms with E-state index in [2.05, 4.69) is 38.0 Å². The van der Waals surface area contributed by atoms with E-state index in [1.165, 1.54) is 0 Å². The summed E-state index contributed by atoms with van der Waals surface area (Å²) >= 11 is 0. The van der Waals surface area contributed by atoms with E-state index < -0.39 is 0 Å². The van der Waals surface area contributed by atoms with E-state index >= 15 is 0 Å². The van der Waals surface area contributed by atoms with Crippen LogP contribution in [0.3, 0.4) is 0 Å². The molecule has 1 heterocycles. The molecule has 1 rings (SSSR count). The molecule has 84 valence electrons. The summed E-state index contributed by atoms with van der Waals surface area (Å²) in [5.41, 5.74) is 11.9. The van der Waals surface area contributed by atoms with Gasteiger partial charge < -0.3 is 16.8 Å². The Balaban J connectivity index is 2.78. The zero-order valence-corrected chi connectivity index (χ0v) is 9.83. The molecule has 0 aliphatic carbocycles. The number of nitrogens with two attached hydrogens (primary N) is 2. The average molecular weight is 208 g/mol. The van der Waals surface area contributed by atoms with Crippen LogP contribution >= 0.6 is 0 Å². The van der Waals surface area contributed by atoms with Gasteiger partial charge in [0.15, 0.2) is 0 Å². The van der Waals surface area contributed by atoms with Gasteiger partial charge in [-0.15, -0.1) is 0 Å². The first kappa shape index (κ1) is 11.6. The fourth-order valence-corrected chi connectivity index (χ4v) is 1.00. The van der Waals surface area contributed by atoms with Crippen molar-refractivity contribution in [3.63, 3.8) is 0 Å². The molecule has 4 heteroatoms. The molecule has 5 N–H and O–H groups in total. The van der Waals surface area contributed by atoms with Gasteiger partial charge >= 0.3 is 0 Å². The molecule has 0 aliphatic heterocycles. The molecular weight excluding hydrogens is 188 g/mol. The Hall–Kier alpha value is -1.45. The number of nitrogens with zero attached hydrogens (tertiary/aromatic N) is 1. The van der Waals surface area contributed by atoms with Gasteiger partial charge in [-0.3, -0.25) is 0 Å². The van der Waals surface area contributed by atoms with E-state index in [1.54, 1.807) is 6.07 Å². The second-order valence-electron chi connectivity index (χ2n) is 4.90. The maximum absolute atomic E-state index is 5.63. The van der Waals surface area contributed by atoms with Crippen LogP contribution in [0.15, 0.2) is 12.1 Å². The van der Waals surface area contributed by atoms with Crippen LogP contribution in [0.5, 0.6) is 0 Å². The van der Waals surface area contributed by atoms with Crippen LogP contribution in [-0.4, -0.2) is 11.0 Å². The van der Waals surface area contributed by atoms with Crippen molar-refractivity contribution in [3.05, 3.63) is 12.1 Å². The highest BCUT2D eigenvalue weighted by Crippen LogP contribution is 2.23. The molecular formula is C11H20N4. The summed E-state index contributed by atoms with van der Waals surface area (Å²) in [5, 5.41) is 3.30. The van der Waals surface area contributed by atoms with Crippen LogP contribution < -0.4 is 16.8 Å². The van der Waals surface area contributed by atoms with Gasteiger partial charge in [-0.05, 0) is 24.5 Å². The summed E-state index contributed by atoms with van der Waals surface area (Å²) in [6, 6.07) is 3.92. The lowest BCUT2D eigenvalue weighted by Crippen LogP contribution is -2.31. The van der Waals surface area contributed by atoms with Crippen molar-refractivity contribution < 1.29 is 0 Å². The molecule has 0 bridgehead atoms.